The predicted molar refractivity (Wildman–Crippen MR) is 97.9 cm³/mol. The standard InChI is InChI=1S/C20H22N4O2/c1-13-8-17-16(18(25)9-13)10-21-20(22-17)23-19(26)12-24-7-6-14-4-2-3-5-15(14)11-24/h2-5,10,13H,6-9,11-12H2,1H3,(H,21,22,23,26)/t13-/m0/s1. The number of nitrogens with one attached hydrogen (secondary N) is 1. The van der Waals surface area contributed by atoms with E-state index in [9.17, 15) is 9.59 Å². The highest BCUT2D eigenvalue weighted by Crippen LogP contribution is 2.24. The van der Waals surface area contributed by atoms with Gasteiger partial charge < -0.3 is 0 Å². The third-order valence-corrected chi connectivity index (χ3v) is 5.07. The van der Waals surface area contributed by atoms with E-state index in [1.807, 2.05) is 13.0 Å². The normalized spacial score (nSPS) is 19.6. The quantitative estimate of drug-likeness (QED) is 0.919. The van der Waals surface area contributed by atoms with Gasteiger partial charge in [0.25, 0.3) is 0 Å². The molecule has 1 aliphatic carbocycles. The SMILES string of the molecule is C[C@@H]1CC(=O)c2cnc(NC(=O)CN3CCc4ccccc4C3)nc2C1. The van der Waals surface area contributed by atoms with E-state index in [4.69, 9.17) is 0 Å². The van der Waals surface area contributed by atoms with E-state index in [1.165, 1.54) is 11.1 Å². The molecule has 0 bridgehead atoms. The molecule has 6 nitrogen and oxygen atoms in total. The molecule has 6 heteroatoms. The van der Waals surface area contributed by atoms with Crippen molar-refractivity contribution in [3.63, 3.8) is 0 Å². The van der Waals surface area contributed by atoms with Gasteiger partial charge in [-0.3, -0.25) is 19.8 Å². The number of aromatic nitrogens is 2. The van der Waals surface area contributed by atoms with Gasteiger partial charge in [0.1, 0.15) is 0 Å². The smallest absolute Gasteiger partial charge is 0.240 e. The van der Waals surface area contributed by atoms with Gasteiger partial charge >= 0.3 is 0 Å². The summed E-state index contributed by atoms with van der Waals surface area (Å²) in [6, 6.07) is 8.35. The maximum absolute atomic E-state index is 12.4. The lowest BCUT2D eigenvalue weighted by molar-refractivity contribution is -0.117. The van der Waals surface area contributed by atoms with E-state index in [0.29, 0.717) is 18.5 Å². The van der Waals surface area contributed by atoms with E-state index in [0.717, 1.165) is 31.6 Å². The van der Waals surface area contributed by atoms with E-state index in [1.54, 1.807) is 6.20 Å². The molecule has 134 valence electrons. The van der Waals surface area contributed by atoms with Gasteiger partial charge in [0.2, 0.25) is 11.9 Å². The summed E-state index contributed by atoms with van der Waals surface area (Å²) in [6.07, 6.45) is 3.79. The molecule has 0 spiro atoms. The highest BCUT2D eigenvalue weighted by Gasteiger charge is 2.25. The van der Waals surface area contributed by atoms with E-state index < -0.39 is 0 Å². The van der Waals surface area contributed by atoms with Gasteiger partial charge in [-0.05, 0) is 29.9 Å². The first-order valence-electron chi connectivity index (χ1n) is 9.06. The summed E-state index contributed by atoms with van der Waals surface area (Å²) in [5.74, 6) is 0.526. The molecule has 1 aliphatic heterocycles. The van der Waals surface area contributed by atoms with Crippen LogP contribution in [0, 0.1) is 5.92 Å². The second-order valence-corrected chi connectivity index (χ2v) is 7.27. The van der Waals surface area contributed by atoms with Crippen LogP contribution in [0.3, 0.4) is 0 Å². The molecule has 1 atom stereocenters. The molecule has 0 saturated heterocycles. The Morgan fingerprint density at radius 2 is 2.08 bits per heavy atom. The minimum atomic E-state index is -0.125. The number of nitrogens with zero attached hydrogens (tertiary/aromatic N) is 3. The van der Waals surface area contributed by atoms with E-state index in [-0.39, 0.29) is 23.6 Å². The Labute approximate surface area is 152 Å². The summed E-state index contributed by atoms with van der Waals surface area (Å²) in [5.41, 5.74) is 3.98. The van der Waals surface area contributed by atoms with Crippen molar-refractivity contribution in [1.29, 1.82) is 0 Å². The number of ketones is 1. The van der Waals surface area contributed by atoms with Gasteiger partial charge in [-0.1, -0.05) is 31.2 Å². The molecule has 2 heterocycles. The molecule has 26 heavy (non-hydrogen) atoms. The van der Waals surface area contributed by atoms with Crippen molar-refractivity contribution in [2.45, 2.75) is 32.7 Å². The van der Waals surface area contributed by atoms with Crippen LogP contribution in [-0.4, -0.2) is 39.6 Å². The second kappa shape index (κ2) is 6.96. The Hall–Kier alpha value is -2.60. The van der Waals surface area contributed by atoms with Crippen LogP contribution in [0.1, 0.15) is 40.5 Å². The first kappa shape index (κ1) is 16.8. The summed E-state index contributed by atoms with van der Waals surface area (Å²) in [6.45, 7) is 3.99. The zero-order valence-electron chi connectivity index (χ0n) is 14.9. The fourth-order valence-corrected chi connectivity index (χ4v) is 3.75. The average molecular weight is 350 g/mol. The number of anilines is 1. The lowest BCUT2D eigenvalue weighted by atomic mass is 9.88. The van der Waals surface area contributed by atoms with Crippen molar-refractivity contribution < 1.29 is 9.59 Å². The third-order valence-electron chi connectivity index (χ3n) is 5.07. The zero-order valence-corrected chi connectivity index (χ0v) is 14.9. The molecule has 1 N–H and O–H groups in total. The third kappa shape index (κ3) is 3.51. The molecule has 0 unspecified atom stereocenters. The molecule has 0 fully saturated rings. The van der Waals surface area contributed by atoms with Crippen molar-refractivity contribution in [3.05, 3.63) is 52.8 Å². The van der Waals surface area contributed by atoms with Gasteiger partial charge in [-0.15, -0.1) is 0 Å². The number of hydrogen-bond acceptors (Lipinski definition) is 5. The van der Waals surface area contributed by atoms with Gasteiger partial charge in [0.05, 0.1) is 17.8 Å². The van der Waals surface area contributed by atoms with Crippen molar-refractivity contribution >= 4 is 17.6 Å². The summed E-state index contributed by atoms with van der Waals surface area (Å²) in [4.78, 5) is 35.1. The van der Waals surface area contributed by atoms with Crippen molar-refractivity contribution in [1.82, 2.24) is 14.9 Å². The maximum atomic E-state index is 12.4. The van der Waals surface area contributed by atoms with Gasteiger partial charge in [-0.2, -0.15) is 0 Å². The predicted octanol–water partition coefficient (Wildman–Crippen LogP) is 2.24. The Morgan fingerprint density at radius 3 is 2.92 bits per heavy atom. The van der Waals surface area contributed by atoms with Crippen LogP contribution in [0.5, 0.6) is 0 Å². The number of benzene rings is 1. The van der Waals surface area contributed by atoms with Gasteiger partial charge in [-0.25, -0.2) is 9.97 Å². The highest BCUT2D eigenvalue weighted by atomic mass is 16.2. The number of fused-ring (bicyclic) bond motifs is 2. The summed E-state index contributed by atoms with van der Waals surface area (Å²) < 4.78 is 0. The average Bonchev–Trinajstić information content (AvgIpc) is 2.61. The fourth-order valence-electron chi connectivity index (χ4n) is 3.75. The van der Waals surface area contributed by atoms with Crippen LogP contribution in [0.4, 0.5) is 5.95 Å². The first-order chi connectivity index (χ1) is 12.6. The van der Waals surface area contributed by atoms with Gasteiger partial charge in [0.15, 0.2) is 5.78 Å². The Balaban J connectivity index is 1.40. The molecule has 0 radical (unpaired) electrons. The molecule has 2 aromatic rings. The lowest BCUT2D eigenvalue weighted by Gasteiger charge is -2.28. The Morgan fingerprint density at radius 1 is 1.27 bits per heavy atom. The number of carbonyl (C=O) groups is 2. The van der Waals surface area contributed by atoms with Crippen molar-refractivity contribution in [3.8, 4) is 0 Å². The molecule has 0 saturated carbocycles. The maximum Gasteiger partial charge on any atom is 0.240 e. The molecule has 4 rings (SSSR count). The summed E-state index contributed by atoms with van der Waals surface area (Å²) in [5, 5.41) is 2.78. The molecular formula is C20H22N4O2. The minimum Gasteiger partial charge on any atom is -0.294 e. The van der Waals surface area contributed by atoms with Gasteiger partial charge in [0, 0.05) is 25.7 Å². The van der Waals surface area contributed by atoms with E-state index in [2.05, 4.69) is 38.4 Å². The first-order valence-corrected chi connectivity index (χ1v) is 9.06. The lowest BCUT2D eigenvalue weighted by Crippen LogP contribution is -2.37. The van der Waals surface area contributed by atoms with Crippen molar-refractivity contribution in [2.24, 2.45) is 5.92 Å². The number of carbonyl (C=O) groups excluding carboxylic acids is 2. The topological polar surface area (TPSA) is 75.2 Å². The summed E-state index contributed by atoms with van der Waals surface area (Å²) in [7, 11) is 0. The Kier molecular flexibility index (Phi) is 4.51. The summed E-state index contributed by atoms with van der Waals surface area (Å²) >= 11 is 0. The van der Waals surface area contributed by atoms with Crippen LogP contribution in [0.25, 0.3) is 0 Å². The van der Waals surface area contributed by atoms with Crippen molar-refractivity contribution in [2.75, 3.05) is 18.4 Å². The second-order valence-electron chi connectivity index (χ2n) is 7.27. The molecule has 1 aromatic heterocycles. The number of hydrogen-bond donors (Lipinski definition) is 1. The largest absolute Gasteiger partial charge is 0.294 e. The molecule has 1 aromatic carbocycles. The Bertz CT molecular complexity index is 865. The molecular weight excluding hydrogens is 328 g/mol. The number of amides is 1. The molecule has 2 aliphatic rings. The minimum absolute atomic E-state index is 0.0867. The van der Waals surface area contributed by atoms with Crippen LogP contribution >= 0.6 is 0 Å². The van der Waals surface area contributed by atoms with Crippen LogP contribution in [-0.2, 0) is 24.2 Å². The van der Waals surface area contributed by atoms with Crippen LogP contribution in [0.15, 0.2) is 30.5 Å². The molecule has 1 amide bonds. The fraction of sp³-hybridized carbons (Fsp3) is 0.400. The van der Waals surface area contributed by atoms with E-state index >= 15 is 0 Å². The highest BCUT2D eigenvalue weighted by molar-refractivity contribution is 5.98. The number of Topliss-reactive ketones (excluding diaryl/α,β-unsaturated/α-hetero) is 1. The monoisotopic (exact) mass is 350 g/mol. The van der Waals surface area contributed by atoms with Crippen LogP contribution < -0.4 is 5.32 Å². The zero-order chi connectivity index (χ0) is 18.1. The number of rotatable bonds is 3. The van der Waals surface area contributed by atoms with Crippen LogP contribution in [0.2, 0.25) is 0 Å².